The van der Waals surface area contributed by atoms with Crippen LogP contribution in [0.1, 0.15) is 38.4 Å². The monoisotopic (exact) mass is 287 g/mol. The van der Waals surface area contributed by atoms with Gasteiger partial charge >= 0.3 is 0 Å². The molecule has 0 aliphatic heterocycles. The van der Waals surface area contributed by atoms with E-state index < -0.39 is 0 Å². The summed E-state index contributed by atoms with van der Waals surface area (Å²) in [5.74, 6) is 0.186. The van der Waals surface area contributed by atoms with Crippen molar-refractivity contribution in [2.45, 2.75) is 33.6 Å². The Hall–Kier alpha value is -1.81. The van der Waals surface area contributed by atoms with Crippen LogP contribution in [0.25, 0.3) is 0 Å². The fourth-order valence-electron chi connectivity index (χ4n) is 1.95. The molecule has 2 aromatic rings. The van der Waals surface area contributed by atoms with Gasteiger partial charge in [0.25, 0.3) is 0 Å². The van der Waals surface area contributed by atoms with Crippen LogP contribution in [0, 0.1) is 13.8 Å². The first kappa shape index (κ1) is 14.6. The zero-order valence-corrected chi connectivity index (χ0v) is 12.7. The molecule has 0 radical (unpaired) electrons. The number of aromatic nitrogens is 1. The minimum atomic E-state index is 0.0631. The van der Waals surface area contributed by atoms with Crippen LogP contribution < -0.4 is 0 Å². The molecule has 20 heavy (non-hydrogen) atoms. The molecule has 0 amide bonds. The number of ketones is 2. The van der Waals surface area contributed by atoms with Gasteiger partial charge in [-0.05, 0) is 26.3 Å². The van der Waals surface area contributed by atoms with Gasteiger partial charge in [-0.15, -0.1) is 11.3 Å². The lowest BCUT2D eigenvalue weighted by molar-refractivity contribution is -0.116. The van der Waals surface area contributed by atoms with E-state index in [1.807, 2.05) is 26.0 Å². The number of rotatable bonds is 5. The number of carbonyl (C=O) groups excluding carboxylic acids is 2. The lowest BCUT2D eigenvalue weighted by Crippen LogP contribution is -2.04. The molecule has 0 fully saturated rings. The molecule has 104 valence electrons. The van der Waals surface area contributed by atoms with Crippen LogP contribution in [0.15, 0.2) is 24.3 Å². The summed E-state index contributed by atoms with van der Waals surface area (Å²) >= 11 is 1.57. The molecule has 0 spiro atoms. The first-order chi connectivity index (χ1) is 9.45. The van der Waals surface area contributed by atoms with Gasteiger partial charge < -0.3 is 0 Å². The molecule has 4 heteroatoms. The number of benzene rings is 1. The quantitative estimate of drug-likeness (QED) is 0.793. The van der Waals surface area contributed by atoms with Crippen molar-refractivity contribution in [1.29, 1.82) is 0 Å². The van der Waals surface area contributed by atoms with Crippen molar-refractivity contribution in [2.24, 2.45) is 0 Å². The highest BCUT2D eigenvalue weighted by atomic mass is 32.1. The van der Waals surface area contributed by atoms with Crippen molar-refractivity contribution < 1.29 is 9.59 Å². The van der Waals surface area contributed by atoms with Crippen LogP contribution in [0.2, 0.25) is 0 Å². The fraction of sp³-hybridized carbons (Fsp3) is 0.312. The number of thiazole rings is 1. The maximum atomic E-state index is 12.2. The largest absolute Gasteiger partial charge is 0.300 e. The molecular weight excluding hydrogens is 270 g/mol. The molecule has 0 aliphatic carbocycles. The van der Waals surface area contributed by atoms with Gasteiger partial charge in [-0.2, -0.15) is 0 Å². The minimum absolute atomic E-state index is 0.0631. The lowest BCUT2D eigenvalue weighted by atomic mass is 10.0. The average Bonchev–Trinajstić information content (AvgIpc) is 2.68. The number of nitrogens with zero attached hydrogens (tertiary/aromatic N) is 1. The van der Waals surface area contributed by atoms with Gasteiger partial charge in [0.2, 0.25) is 0 Å². The molecule has 1 aromatic carbocycles. The van der Waals surface area contributed by atoms with Crippen LogP contribution in [-0.2, 0) is 17.6 Å². The van der Waals surface area contributed by atoms with Crippen LogP contribution in [0.3, 0.4) is 0 Å². The van der Waals surface area contributed by atoms with E-state index in [2.05, 4.69) is 4.98 Å². The molecule has 2 rings (SSSR count). The second-order valence-electron chi connectivity index (χ2n) is 4.92. The van der Waals surface area contributed by atoms with Crippen molar-refractivity contribution in [1.82, 2.24) is 4.98 Å². The number of carbonyl (C=O) groups is 2. The summed E-state index contributed by atoms with van der Waals surface area (Å²) in [6.07, 6.45) is 0.755. The number of hydrogen-bond acceptors (Lipinski definition) is 4. The standard InChI is InChI=1S/C16H17NO2S/c1-10(18)8-13-4-6-14(7-5-13)15(19)9-16-17-11(2)12(3)20-16/h4-7H,8-9H2,1-3H3. The van der Waals surface area contributed by atoms with E-state index in [0.717, 1.165) is 21.1 Å². The van der Waals surface area contributed by atoms with Crippen LogP contribution >= 0.6 is 11.3 Å². The van der Waals surface area contributed by atoms with Crippen molar-refractivity contribution in [3.63, 3.8) is 0 Å². The summed E-state index contributed by atoms with van der Waals surface area (Å²) in [6.45, 7) is 5.53. The van der Waals surface area contributed by atoms with Gasteiger partial charge in [0.1, 0.15) is 10.8 Å². The summed E-state index contributed by atoms with van der Waals surface area (Å²) in [5, 5.41) is 0.859. The van der Waals surface area contributed by atoms with Crippen LogP contribution in [0.4, 0.5) is 0 Å². The van der Waals surface area contributed by atoms with Crippen LogP contribution in [0.5, 0.6) is 0 Å². The molecule has 0 unspecified atom stereocenters. The summed E-state index contributed by atoms with van der Waals surface area (Å²) in [5.41, 5.74) is 2.60. The smallest absolute Gasteiger partial charge is 0.169 e. The first-order valence-electron chi connectivity index (χ1n) is 6.50. The Bertz CT molecular complexity index is 621. The van der Waals surface area contributed by atoms with E-state index in [-0.39, 0.29) is 11.6 Å². The molecule has 1 heterocycles. The molecule has 0 aliphatic rings. The van der Waals surface area contributed by atoms with E-state index in [1.54, 1.807) is 30.4 Å². The summed E-state index contributed by atoms with van der Waals surface area (Å²) in [7, 11) is 0. The molecule has 0 N–H and O–H groups in total. The Kier molecular flexibility index (Phi) is 4.45. The third-order valence-corrected chi connectivity index (χ3v) is 4.19. The van der Waals surface area contributed by atoms with Gasteiger partial charge in [-0.1, -0.05) is 24.3 Å². The van der Waals surface area contributed by atoms with Gasteiger partial charge in [-0.3, -0.25) is 9.59 Å². The summed E-state index contributed by atoms with van der Waals surface area (Å²) in [4.78, 5) is 28.7. The van der Waals surface area contributed by atoms with Gasteiger partial charge in [0, 0.05) is 16.9 Å². The Morgan fingerprint density at radius 2 is 1.75 bits per heavy atom. The normalized spacial score (nSPS) is 10.6. The Balaban J connectivity index is 2.07. The average molecular weight is 287 g/mol. The van der Waals surface area contributed by atoms with Crippen molar-refractivity contribution in [3.05, 3.63) is 51.0 Å². The number of Topliss-reactive ketones (excluding diaryl/α,β-unsaturated/α-hetero) is 2. The number of aryl methyl sites for hydroxylation is 2. The van der Waals surface area contributed by atoms with E-state index in [0.29, 0.717) is 18.4 Å². The topological polar surface area (TPSA) is 47.0 Å². The molecule has 1 aromatic heterocycles. The van der Waals surface area contributed by atoms with Crippen molar-refractivity contribution in [3.8, 4) is 0 Å². The summed E-state index contributed by atoms with van der Waals surface area (Å²) in [6, 6.07) is 7.25. The molecule has 0 atom stereocenters. The maximum Gasteiger partial charge on any atom is 0.169 e. The zero-order chi connectivity index (χ0) is 14.7. The highest BCUT2D eigenvalue weighted by Crippen LogP contribution is 2.18. The SMILES string of the molecule is CC(=O)Cc1ccc(C(=O)Cc2nc(C)c(C)s2)cc1. The second kappa shape index (κ2) is 6.09. The van der Waals surface area contributed by atoms with E-state index in [4.69, 9.17) is 0 Å². The third-order valence-electron chi connectivity index (χ3n) is 3.11. The molecule has 0 saturated heterocycles. The highest BCUT2D eigenvalue weighted by Gasteiger charge is 2.11. The molecule has 0 bridgehead atoms. The van der Waals surface area contributed by atoms with Gasteiger partial charge in [0.15, 0.2) is 5.78 Å². The van der Waals surface area contributed by atoms with Crippen LogP contribution in [-0.4, -0.2) is 16.6 Å². The molecule has 0 saturated carbocycles. The Morgan fingerprint density at radius 1 is 1.10 bits per heavy atom. The first-order valence-corrected chi connectivity index (χ1v) is 7.32. The van der Waals surface area contributed by atoms with E-state index in [1.165, 1.54) is 0 Å². The summed E-state index contributed by atoms with van der Waals surface area (Å²) < 4.78 is 0. The van der Waals surface area contributed by atoms with Crippen molar-refractivity contribution in [2.75, 3.05) is 0 Å². The second-order valence-corrected chi connectivity index (χ2v) is 6.21. The maximum absolute atomic E-state index is 12.2. The molecule has 3 nitrogen and oxygen atoms in total. The lowest BCUT2D eigenvalue weighted by Gasteiger charge is -2.01. The predicted octanol–water partition coefficient (Wildman–Crippen LogP) is 3.32. The molecular formula is C16H17NO2S. The van der Waals surface area contributed by atoms with E-state index in [9.17, 15) is 9.59 Å². The minimum Gasteiger partial charge on any atom is -0.300 e. The Labute approximate surface area is 122 Å². The van der Waals surface area contributed by atoms with E-state index >= 15 is 0 Å². The Morgan fingerprint density at radius 3 is 2.25 bits per heavy atom. The predicted molar refractivity (Wildman–Crippen MR) is 80.4 cm³/mol. The fourth-order valence-corrected chi connectivity index (χ4v) is 2.88. The number of hydrogen-bond donors (Lipinski definition) is 0. The zero-order valence-electron chi connectivity index (χ0n) is 11.9. The van der Waals surface area contributed by atoms with Gasteiger partial charge in [-0.25, -0.2) is 4.98 Å². The van der Waals surface area contributed by atoms with Gasteiger partial charge in [0.05, 0.1) is 12.1 Å². The third kappa shape index (κ3) is 3.61. The van der Waals surface area contributed by atoms with Crippen molar-refractivity contribution >= 4 is 22.9 Å². The highest BCUT2D eigenvalue weighted by molar-refractivity contribution is 7.11.